The van der Waals surface area contributed by atoms with Crippen molar-refractivity contribution in [1.82, 2.24) is 15.5 Å². The van der Waals surface area contributed by atoms with E-state index < -0.39 is 74.1 Å². The Bertz CT molecular complexity index is 1180. The van der Waals surface area contributed by atoms with Crippen molar-refractivity contribution in [3.8, 4) is 0 Å². The predicted octanol–water partition coefficient (Wildman–Crippen LogP) is 7.14. The highest BCUT2D eigenvalue weighted by Crippen LogP contribution is 2.39. The lowest BCUT2D eigenvalue weighted by Gasteiger charge is -2.42. The average Bonchev–Trinajstić information content (AvgIpc) is 3.49. The fraction of sp³-hybridized carbons (Fsp3) is 0.872. The van der Waals surface area contributed by atoms with Gasteiger partial charge in [-0.15, -0.1) is 0 Å². The van der Waals surface area contributed by atoms with E-state index in [1.165, 1.54) is 4.90 Å². The zero-order valence-electron chi connectivity index (χ0n) is 35.1. The van der Waals surface area contributed by atoms with E-state index in [4.69, 9.17) is 18.6 Å². The maximum atomic E-state index is 13.9. The van der Waals surface area contributed by atoms with E-state index in [2.05, 4.69) is 44.5 Å². The van der Waals surface area contributed by atoms with Crippen LogP contribution < -0.4 is 10.6 Å². The van der Waals surface area contributed by atoms with Crippen LogP contribution in [-0.4, -0.2) is 92.1 Å². The van der Waals surface area contributed by atoms with Crippen molar-refractivity contribution in [3.05, 3.63) is 0 Å². The van der Waals surface area contributed by atoms with Gasteiger partial charge in [0.2, 0.25) is 5.91 Å². The highest BCUT2D eigenvalue weighted by atomic mass is 28.4. The van der Waals surface area contributed by atoms with Crippen LogP contribution in [0.4, 0.5) is 4.79 Å². The SMILES string of the molecule is CCCCOC(=O)[C@@H]1CCCN1C(=O)[C@H](CC(C)C)NC(=O)[C@@H](OC(=O)C[C@H](O[Si](C)(C)C(C)(C)C)[C@H](NC(=O)OC(C)(C)C)[C@@H](C)CC)C(C)C. The van der Waals surface area contributed by atoms with Crippen LogP contribution in [0.15, 0.2) is 0 Å². The molecule has 2 N–H and O–H groups in total. The summed E-state index contributed by atoms with van der Waals surface area (Å²) in [5.41, 5.74) is -0.723. The first-order chi connectivity index (χ1) is 23.8. The van der Waals surface area contributed by atoms with Gasteiger partial charge in [0.15, 0.2) is 14.4 Å². The molecular weight excluding hydrogens is 683 g/mol. The molecule has 0 spiro atoms. The summed E-state index contributed by atoms with van der Waals surface area (Å²) in [4.78, 5) is 69.1. The largest absolute Gasteiger partial charge is 0.464 e. The van der Waals surface area contributed by atoms with Crippen LogP contribution in [0.1, 0.15) is 135 Å². The van der Waals surface area contributed by atoms with Gasteiger partial charge in [0, 0.05) is 6.54 Å². The molecule has 13 heteroatoms. The van der Waals surface area contributed by atoms with Gasteiger partial charge in [0.05, 0.1) is 25.2 Å². The highest BCUT2D eigenvalue weighted by molar-refractivity contribution is 6.74. The van der Waals surface area contributed by atoms with E-state index in [0.29, 0.717) is 38.8 Å². The van der Waals surface area contributed by atoms with Gasteiger partial charge in [-0.25, -0.2) is 9.59 Å². The quantitative estimate of drug-likeness (QED) is 0.0607. The van der Waals surface area contributed by atoms with Crippen LogP contribution in [0.3, 0.4) is 0 Å². The smallest absolute Gasteiger partial charge is 0.407 e. The first kappa shape index (κ1) is 47.3. The van der Waals surface area contributed by atoms with E-state index in [0.717, 1.165) is 12.8 Å². The van der Waals surface area contributed by atoms with Gasteiger partial charge in [-0.2, -0.15) is 0 Å². The number of ether oxygens (including phenoxy) is 3. The molecule has 302 valence electrons. The van der Waals surface area contributed by atoms with Crippen molar-refractivity contribution in [1.29, 1.82) is 0 Å². The number of nitrogens with zero attached hydrogens (tertiary/aromatic N) is 1. The molecule has 0 aliphatic carbocycles. The predicted molar refractivity (Wildman–Crippen MR) is 206 cm³/mol. The van der Waals surface area contributed by atoms with Gasteiger partial charge in [0.25, 0.3) is 5.91 Å². The lowest BCUT2D eigenvalue weighted by Crippen LogP contribution is -2.56. The molecule has 0 aromatic heterocycles. The van der Waals surface area contributed by atoms with Crippen LogP contribution in [0.5, 0.6) is 0 Å². The molecule has 0 aromatic carbocycles. The molecule has 1 rings (SSSR count). The number of nitrogens with one attached hydrogen (secondary N) is 2. The minimum absolute atomic E-state index is 0.0510. The van der Waals surface area contributed by atoms with Crippen molar-refractivity contribution < 1.29 is 42.6 Å². The molecule has 52 heavy (non-hydrogen) atoms. The van der Waals surface area contributed by atoms with E-state index >= 15 is 0 Å². The molecule has 0 radical (unpaired) electrons. The molecular formula is C39H73N3O9Si. The number of alkyl carbamates (subject to hydrolysis) is 1. The number of carbonyl (C=O) groups is 5. The molecule has 1 aliphatic heterocycles. The highest BCUT2D eigenvalue weighted by Gasteiger charge is 2.44. The maximum absolute atomic E-state index is 13.9. The van der Waals surface area contributed by atoms with E-state index in [1.54, 1.807) is 34.6 Å². The van der Waals surface area contributed by atoms with Crippen molar-refractivity contribution in [2.24, 2.45) is 17.8 Å². The number of amides is 3. The molecule has 0 saturated carbocycles. The average molecular weight is 756 g/mol. The summed E-state index contributed by atoms with van der Waals surface area (Å²) in [6.45, 7) is 30.0. The summed E-state index contributed by atoms with van der Waals surface area (Å²) in [5.74, 6) is -2.46. The minimum Gasteiger partial charge on any atom is -0.464 e. The topological polar surface area (TPSA) is 150 Å². The normalized spacial score (nSPS) is 18.3. The third kappa shape index (κ3) is 15.4. The molecule has 0 bridgehead atoms. The van der Waals surface area contributed by atoms with E-state index in [-0.39, 0.29) is 29.2 Å². The second kappa shape index (κ2) is 20.7. The monoisotopic (exact) mass is 756 g/mol. The number of carbonyl (C=O) groups excluding carboxylic acids is 5. The summed E-state index contributed by atoms with van der Waals surface area (Å²) in [5, 5.41) is 5.67. The zero-order chi connectivity index (χ0) is 40.2. The Kier molecular flexibility index (Phi) is 18.8. The van der Waals surface area contributed by atoms with Gasteiger partial charge in [-0.1, -0.05) is 82.1 Å². The first-order valence-corrected chi connectivity index (χ1v) is 22.4. The summed E-state index contributed by atoms with van der Waals surface area (Å²) in [6, 6.07) is -2.19. The number of likely N-dealkylation sites (tertiary alicyclic amines) is 1. The molecule has 0 aromatic rings. The Morgan fingerprint density at radius 1 is 0.923 bits per heavy atom. The summed E-state index contributed by atoms with van der Waals surface area (Å²) in [6.07, 6.45) is 1.06. The fourth-order valence-corrected chi connectivity index (χ4v) is 7.12. The summed E-state index contributed by atoms with van der Waals surface area (Å²) >= 11 is 0. The zero-order valence-corrected chi connectivity index (χ0v) is 36.1. The number of hydrogen-bond donors (Lipinski definition) is 2. The van der Waals surface area contributed by atoms with Crippen molar-refractivity contribution in [2.75, 3.05) is 13.2 Å². The molecule has 12 nitrogen and oxygen atoms in total. The van der Waals surface area contributed by atoms with Gasteiger partial charge >= 0.3 is 18.0 Å². The second-order valence-corrected chi connectivity index (χ2v) is 22.5. The first-order valence-electron chi connectivity index (χ1n) is 19.5. The van der Waals surface area contributed by atoms with Gasteiger partial charge in [-0.3, -0.25) is 14.4 Å². The molecule has 6 atom stereocenters. The van der Waals surface area contributed by atoms with Gasteiger partial charge in [-0.05, 0) is 82.3 Å². The van der Waals surface area contributed by atoms with Crippen molar-refractivity contribution in [3.63, 3.8) is 0 Å². The fourth-order valence-electron chi connectivity index (χ4n) is 5.78. The molecule has 3 amide bonds. The van der Waals surface area contributed by atoms with E-state index in [9.17, 15) is 24.0 Å². The second-order valence-electron chi connectivity index (χ2n) is 17.7. The summed E-state index contributed by atoms with van der Waals surface area (Å²) in [7, 11) is -2.48. The lowest BCUT2D eigenvalue weighted by molar-refractivity contribution is -0.161. The van der Waals surface area contributed by atoms with Crippen molar-refractivity contribution in [2.45, 2.75) is 189 Å². The Hall–Kier alpha value is -2.67. The third-order valence-corrected chi connectivity index (χ3v) is 14.5. The molecule has 1 fully saturated rings. The van der Waals surface area contributed by atoms with Gasteiger partial charge < -0.3 is 34.2 Å². The molecule has 1 saturated heterocycles. The standard InChI is InChI=1S/C39H73N3O9Si/c1-16-18-22-48-36(46)29-20-19-21-42(29)35(45)28(23-25(3)4)40-34(44)33(26(5)6)49-31(43)24-30(51-52(14,15)39(11,12)13)32(27(7)17-2)41-37(47)50-38(8,9)10/h25-30,32-33H,16-24H2,1-15H3,(H,40,44)(H,41,47)/t27-,28-,29-,30-,32+,33-/m0/s1. The number of esters is 2. The lowest BCUT2D eigenvalue weighted by atomic mass is 9.92. The van der Waals surface area contributed by atoms with Crippen LogP contribution in [0, 0.1) is 17.8 Å². The Labute approximate surface area is 315 Å². The Balaban J connectivity index is 3.34. The van der Waals surface area contributed by atoms with E-state index in [1.807, 2.05) is 34.6 Å². The number of hydrogen-bond acceptors (Lipinski definition) is 9. The van der Waals surface area contributed by atoms with Crippen molar-refractivity contribution >= 4 is 38.2 Å². The minimum atomic E-state index is -2.48. The summed E-state index contributed by atoms with van der Waals surface area (Å²) < 4.78 is 23.8. The molecule has 1 aliphatic rings. The number of unbranched alkanes of at least 4 members (excludes halogenated alkanes) is 1. The molecule has 1 heterocycles. The Morgan fingerprint density at radius 3 is 2.04 bits per heavy atom. The van der Waals surface area contributed by atoms with Crippen LogP contribution >= 0.6 is 0 Å². The maximum Gasteiger partial charge on any atom is 0.407 e. The third-order valence-electron chi connectivity index (χ3n) is 9.96. The Morgan fingerprint density at radius 2 is 1.54 bits per heavy atom. The molecule has 0 unspecified atom stereocenters. The van der Waals surface area contributed by atoms with Crippen LogP contribution in [0.25, 0.3) is 0 Å². The van der Waals surface area contributed by atoms with Gasteiger partial charge in [0.1, 0.15) is 17.7 Å². The number of rotatable bonds is 19. The van der Waals surface area contributed by atoms with Crippen LogP contribution in [0.2, 0.25) is 18.1 Å². The van der Waals surface area contributed by atoms with Crippen LogP contribution in [-0.2, 0) is 37.8 Å².